The van der Waals surface area contributed by atoms with Crippen molar-refractivity contribution in [1.29, 1.82) is 0 Å². The predicted molar refractivity (Wildman–Crippen MR) is 127 cm³/mol. The lowest BCUT2D eigenvalue weighted by Crippen LogP contribution is -2.44. The summed E-state index contributed by atoms with van der Waals surface area (Å²) in [6.45, 7) is 5.67. The summed E-state index contributed by atoms with van der Waals surface area (Å²) in [4.78, 5) is 17.7. The smallest absolute Gasteiger partial charge is 0.260 e. The fourth-order valence-corrected chi connectivity index (χ4v) is 4.29. The first-order chi connectivity index (χ1) is 15.3. The first-order valence-electron chi connectivity index (χ1n) is 10.3. The second-order valence-electron chi connectivity index (χ2n) is 7.94. The molecule has 1 aromatic heterocycles. The summed E-state index contributed by atoms with van der Waals surface area (Å²) >= 11 is 12.8. The van der Waals surface area contributed by atoms with Gasteiger partial charge < -0.3 is 15.1 Å². The largest absolute Gasteiger partial charge is 0.367 e. The molecule has 1 saturated heterocycles. The third-order valence-electron chi connectivity index (χ3n) is 5.59. The summed E-state index contributed by atoms with van der Waals surface area (Å²) < 4.78 is 14.7. The number of anilines is 2. The van der Waals surface area contributed by atoms with Crippen molar-refractivity contribution in [3.63, 3.8) is 0 Å². The first kappa shape index (κ1) is 22.6. The second kappa shape index (κ2) is 9.48. The molecule has 1 aliphatic rings. The number of aryl methyl sites for hydroxylation is 1. The molecule has 4 rings (SSSR count). The minimum absolute atomic E-state index is 0.229. The van der Waals surface area contributed by atoms with Crippen LogP contribution in [0.15, 0.2) is 42.5 Å². The van der Waals surface area contributed by atoms with E-state index in [1.807, 2.05) is 12.1 Å². The lowest BCUT2D eigenvalue weighted by atomic mass is 10.2. The van der Waals surface area contributed by atoms with Crippen molar-refractivity contribution in [3.8, 4) is 0 Å². The Hall–Kier alpha value is -2.61. The highest BCUT2D eigenvalue weighted by atomic mass is 35.5. The van der Waals surface area contributed by atoms with Crippen LogP contribution in [0.5, 0.6) is 0 Å². The van der Waals surface area contributed by atoms with Crippen molar-refractivity contribution in [2.75, 3.05) is 43.4 Å². The number of halogens is 3. The molecule has 1 fully saturated rings. The number of hydrogen-bond acceptors (Lipinski definition) is 4. The summed E-state index contributed by atoms with van der Waals surface area (Å²) in [6, 6.07) is 11.6. The van der Waals surface area contributed by atoms with Crippen LogP contribution in [0.4, 0.5) is 15.8 Å². The van der Waals surface area contributed by atoms with Gasteiger partial charge in [0.15, 0.2) is 0 Å². The molecular weight excluding hydrogens is 452 g/mol. The van der Waals surface area contributed by atoms with Crippen LogP contribution in [0.1, 0.15) is 21.6 Å². The van der Waals surface area contributed by atoms with Crippen LogP contribution >= 0.6 is 23.2 Å². The van der Waals surface area contributed by atoms with E-state index in [9.17, 15) is 9.18 Å². The topological polar surface area (TPSA) is 53.4 Å². The molecular formula is C23H24Cl2FN5O. The third kappa shape index (κ3) is 4.90. The quantitative estimate of drug-likeness (QED) is 0.581. The van der Waals surface area contributed by atoms with Crippen LogP contribution in [-0.4, -0.2) is 53.8 Å². The minimum atomic E-state index is -0.351. The number of carbonyl (C=O) groups excluding carboxylic acids is 1. The van der Waals surface area contributed by atoms with Crippen molar-refractivity contribution in [2.45, 2.75) is 13.5 Å². The molecule has 168 valence electrons. The van der Waals surface area contributed by atoms with E-state index in [1.54, 1.807) is 29.8 Å². The van der Waals surface area contributed by atoms with Gasteiger partial charge in [-0.25, -0.2) is 9.07 Å². The van der Waals surface area contributed by atoms with Crippen LogP contribution in [-0.2, 0) is 6.54 Å². The van der Waals surface area contributed by atoms with E-state index in [1.165, 1.54) is 12.1 Å². The number of piperazine rings is 1. The lowest BCUT2D eigenvalue weighted by molar-refractivity contribution is 0.102. The molecule has 1 N–H and O–H groups in total. The summed E-state index contributed by atoms with van der Waals surface area (Å²) in [5.74, 6) is -0.662. The predicted octanol–water partition coefficient (Wildman–Crippen LogP) is 4.69. The maximum atomic E-state index is 13.2. The van der Waals surface area contributed by atoms with E-state index >= 15 is 0 Å². The molecule has 0 saturated carbocycles. The zero-order valence-corrected chi connectivity index (χ0v) is 19.4. The van der Waals surface area contributed by atoms with Crippen LogP contribution in [0.25, 0.3) is 0 Å². The zero-order valence-electron chi connectivity index (χ0n) is 17.9. The number of nitrogens with one attached hydrogen (secondary N) is 1. The molecule has 1 aliphatic heterocycles. The van der Waals surface area contributed by atoms with Crippen molar-refractivity contribution in [3.05, 3.63) is 75.3 Å². The van der Waals surface area contributed by atoms with Crippen molar-refractivity contribution in [2.24, 2.45) is 0 Å². The number of hydrogen-bond donors (Lipinski definition) is 1. The summed E-state index contributed by atoms with van der Waals surface area (Å²) in [5, 5.41) is 8.16. The van der Waals surface area contributed by atoms with Gasteiger partial charge in [0.25, 0.3) is 5.91 Å². The molecule has 3 aromatic rings. The monoisotopic (exact) mass is 475 g/mol. The number of benzene rings is 2. The van der Waals surface area contributed by atoms with E-state index < -0.39 is 0 Å². The molecule has 0 radical (unpaired) electrons. The van der Waals surface area contributed by atoms with Gasteiger partial charge in [-0.3, -0.25) is 4.79 Å². The summed E-state index contributed by atoms with van der Waals surface area (Å²) in [5.41, 5.74) is 3.20. The maximum absolute atomic E-state index is 13.2. The normalized spacial score (nSPS) is 14.6. The SMILES string of the molecule is Cc1nn(Cc2ccc(F)cc2)c(Cl)c1C(=O)Nc1cc(Cl)ccc1N1CCN(C)CC1. The van der Waals surface area contributed by atoms with Gasteiger partial charge in [-0.1, -0.05) is 35.3 Å². The number of nitrogens with zero attached hydrogens (tertiary/aromatic N) is 4. The number of amides is 1. The molecule has 0 unspecified atom stereocenters. The third-order valence-corrected chi connectivity index (χ3v) is 6.21. The molecule has 2 heterocycles. The van der Waals surface area contributed by atoms with E-state index in [4.69, 9.17) is 23.2 Å². The Morgan fingerprint density at radius 2 is 1.78 bits per heavy atom. The molecule has 6 nitrogen and oxygen atoms in total. The Bertz CT molecular complexity index is 1120. The highest BCUT2D eigenvalue weighted by Crippen LogP contribution is 2.31. The minimum Gasteiger partial charge on any atom is -0.367 e. The number of carbonyl (C=O) groups is 1. The molecule has 0 atom stereocenters. The van der Waals surface area contributed by atoms with Gasteiger partial charge in [-0.15, -0.1) is 0 Å². The van der Waals surface area contributed by atoms with E-state index in [2.05, 4.69) is 27.3 Å². The number of rotatable bonds is 5. The molecule has 0 aliphatic carbocycles. The fourth-order valence-electron chi connectivity index (χ4n) is 3.80. The second-order valence-corrected chi connectivity index (χ2v) is 8.74. The van der Waals surface area contributed by atoms with Crippen molar-refractivity contribution in [1.82, 2.24) is 14.7 Å². The Morgan fingerprint density at radius 3 is 2.47 bits per heavy atom. The van der Waals surface area contributed by atoms with Gasteiger partial charge in [0.2, 0.25) is 0 Å². The molecule has 2 aromatic carbocycles. The molecule has 0 bridgehead atoms. The molecule has 0 spiro atoms. The van der Waals surface area contributed by atoms with Crippen molar-refractivity contribution >= 4 is 40.5 Å². The van der Waals surface area contributed by atoms with Gasteiger partial charge in [0, 0.05) is 31.2 Å². The molecule has 9 heteroatoms. The van der Waals surface area contributed by atoms with Gasteiger partial charge in [-0.05, 0) is 49.9 Å². The zero-order chi connectivity index (χ0) is 22.8. The van der Waals surface area contributed by atoms with E-state index in [0.29, 0.717) is 28.5 Å². The average molecular weight is 476 g/mol. The van der Waals surface area contributed by atoms with Crippen molar-refractivity contribution < 1.29 is 9.18 Å². The van der Waals surface area contributed by atoms with Crippen LogP contribution in [0.2, 0.25) is 10.2 Å². The van der Waals surface area contributed by atoms with Gasteiger partial charge >= 0.3 is 0 Å². The van der Waals surface area contributed by atoms with E-state index in [0.717, 1.165) is 37.4 Å². The summed E-state index contributed by atoms with van der Waals surface area (Å²) in [7, 11) is 2.09. The first-order valence-corrected chi connectivity index (χ1v) is 11.1. The van der Waals surface area contributed by atoms with E-state index in [-0.39, 0.29) is 16.9 Å². The highest BCUT2D eigenvalue weighted by molar-refractivity contribution is 6.34. The Balaban J connectivity index is 1.57. The fraction of sp³-hybridized carbons (Fsp3) is 0.304. The van der Waals surface area contributed by atoms with Crippen LogP contribution in [0.3, 0.4) is 0 Å². The van der Waals surface area contributed by atoms with Crippen LogP contribution < -0.4 is 10.2 Å². The molecule has 1 amide bonds. The average Bonchev–Trinajstić information content (AvgIpc) is 3.03. The van der Waals surface area contributed by atoms with Gasteiger partial charge in [0.05, 0.1) is 29.2 Å². The van der Waals surface area contributed by atoms with Crippen LogP contribution in [0, 0.1) is 12.7 Å². The lowest BCUT2D eigenvalue weighted by Gasteiger charge is -2.35. The maximum Gasteiger partial charge on any atom is 0.260 e. The number of likely N-dealkylation sites (N-methyl/N-ethyl adjacent to an activating group) is 1. The van der Waals surface area contributed by atoms with Gasteiger partial charge in [0.1, 0.15) is 11.0 Å². The highest BCUT2D eigenvalue weighted by Gasteiger charge is 2.23. The van der Waals surface area contributed by atoms with Gasteiger partial charge in [-0.2, -0.15) is 5.10 Å². The number of aromatic nitrogens is 2. The Labute approximate surface area is 196 Å². The standard InChI is InChI=1S/C23H24Cl2FN5O/c1-15-21(22(25)31(28-15)14-16-3-6-18(26)7-4-16)23(32)27-19-13-17(24)5-8-20(19)30-11-9-29(2)10-12-30/h3-8,13H,9-12,14H2,1-2H3,(H,27,32). The Kier molecular flexibility index (Phi) is 6.69. The molecule has 32 heavy (non-hydrogen) atoms. The Morgan fingerprint density at radius 1 is 1.09 bits per heavy atom. The summed E-state index contributed by atoms with van der Waals surface area (Å²) in [6.07, 6.45) is 0.